The molecule has 0 heterocycles. The number of hydrogen-bond acceptors (Lipinski definition) is 3. The van der Waals surface area contributed by atoms with Gasteiger partial charge in [0.05, 0.1) is 0 Å². The molecule has 7 heteroatoms. The fourth-order valence-corrected chi connectivity index (χ4v) is 1.34. The van der Waals surface area contributed by atoms with E-state index >= 15 is 0 Å². The molecule has 0 bridgehead atoms. The van der Waals surface area contributed by atoms with E-state index in [4.69, 9.17) is 10.9 Å². The highest BCUT2D eigenvalue weighted by Crippen LogP contribution is 2.03. The number of hydrogen-bond donors (Lipinski definition) is 3. The molecule has 0 saturated heterocycles. The second-order valence-corrected chi connectivity index (χ2v) is 4.31. The van der Waals surface area contributed by atoms with Gasteiger partial charge in [-0.2, -0.15) is 13.1 Å². The summed E-state index contributed by atoms with van der Waals surface area (Å²) in [4.78, 5) is 10.7. The summed E-state index contributed by atoms with van der Waals surface area (Å²) in [7, 11) is -3.69. The van der Waals surface area contributed by atoms with Gasteiger partial charge >= 0.3 is 0 Å². The third-order valence-electron chi connectivity index (χ3n) is 1.72. The van der Waals surface area contributed by atoms with Crippen molar-refractivity contribution in [3.05, 3.63) is 35.4 Å². The number of amides is 1. The SMILES string of the molecule is NC(=O)c1ccc(CNS(N)(=O)=O)cc1. The molecule has 1 aromatic rings. The first-order valence-corrected chi connectivity index (χ1v) is 5.59. The van der Waals surface area contributed by atoms with Crippen molar-refractivity contribution in [3.8, 4) is 0 Å². The quantitative estimate of drug-likeness (QED) is 0.620. The van der Waals surface area contributed by atoms with Crippen LogP contribution in [0.1, 0.15) is 15.9 Å². The summed E-state index contributed by atoms with van der Waals surface area (Å²) in [6.07, 6.45) is 0. The van der Waals surface area contributed by atoms with Gasteiger partial charge in [-0.15, -0.1) is 0 Å². The minimum atomic E-state index is -3.69. The van der Waals surface area contributed by atoms with E-state index in [0.717, 1.165) is 0 Å². The molecular formula is C8H11N3O3S. The Morgan fingerprint density at radius 3 is 2.20 bits per heavy atom. The Labute approximate surface area is 87.4 Å². The molecule has 0 radical (unpaired) electrons. The molecular weight excluding hydrogens is 218 g/mol. The summed E-state index contributed by atoms with van der Waals surface area (Å²) in [5.41, 5.74) is 6.10. The van der Waals surface area contributed by atoms with Crippen molar-refractivity contribution in [2.75, 3.05) is 0 Å². The number of carbonyl (C=O) groups is 1. The summed E-state index contributed by atoms with van der Waals surface area (Å²) in [5, 5.41) is 4.75. The number of nitrogens with one attached hydrogen (secondary N) is 1. The van der Waals surface area contributed by atoms with E-state index in [1.807, 2.05) is 0 Å². The van der Waals surface area contributed by atoms with Gasteiger partial charge in [-0.3, -0.25) is 4.79 Å². The maximum absolute atomic E-state index is 10.7. The standard InChI is InChI=1S/C8H11N3O3S/c9-8(12)7-3-1-6(2-4-7)5-11-15(10,13)14/h1-4,11H,5H2,(H2,9,12)(H2,10,13,14). The highest BCUT2D eigenvalue weighted by molar-refractivity contribution is 7.87. The van der Waals surface area contributed by atoms with Crippen molar-refractivity contribution in [2.24, 2.45) is 10.9 Å². The molecule has 0 spiro atoms. The minimum Gasteiger partial charge on any atom is -0.366 e. The van der Waals surface area contributed by atoms with Crippen LogP contribution in [0.15, 0.2) is 24.3 Å². The Morgan fingerprint density at radius 1 is 1.27 bits per heavy atom. The van der Waals surface area contributed by atoms with E-state index in [-0.39, 0.29) is 6.54 Å². The predicted molar refractivity (Wildman–Crippen MR) is 54.9 cm³/mol. The zero-order valence-corrected chi connectivity index (χ0v) is 8.62. The second-order valence-electron chi connectivity index (χ2n) is 2.93. The van der Waals surface area contributed by atoms with Crippen LogP contribution in [-0.4, -0.2) is 14.3 Å². The van der Waals surface area contributed by atoms with Crippen LogP contribution < -0.4 is 15.6 Å². The van der Waals surface area contributed by atoms with Crippen molar-refractivity contribution in [3.63, 3.8) is 0 Å². The third-order valence-corrected chi connectivity index (χ3v) is 2.26. The maximum atomic E-state index is 10.7. The first kappa shape index (κ1) is 11.6. The van der Waals surface area contributed by atoms with Gasteiger partial charge in [-0.05, 0) is 17.7 Å². The van der Waals surface area contributed by atoms with Crippen molar-refractivity contribution in [2.45, 2.75) is 6.54 Å². The topological polar surface area (TPSA) is 115 Å². The van der Waals surface area contributed by atoms with Crippen LogP contribution in [0.2, 0.25) is 0 Å². The highest BCUT2D eigenvalue weighted by atomic mass is 32.2. The summed E-state index contributed by atoms with van der Waals surface area (Å²) >= 11 is 0. The normalized spacial score (nSPS) is 11.3. The van der Waals surface area contributed by atoms with Crippen LogP contribution in [0.4, 0.5) is 0 Å². The average molecular weight is 229 g/mol. The van der Waals surface area contributed by atoms with Gasteiger partial charge in [0.2, 0.25) is 5.91 Å². The van der Waals surface area contributed by atoms with E-state index in [1.165, 1.54) is 12.1 Å². The van der Waals surface area contributed by atoms with E-state index in [0.29, 0.717) is 11.1 Å². The molecule has 1 aromatic carbocycles. The number of rotatable bonds is 4. The lowest BCUT2D eigenvalue weighted by Gasteiger charge is -2.02. The number of primary amides is 1. The summed E-state index contributed by atoms with van der Waals surface area (Å²) < 4.78 is 23.3. The van der Waals surface area contributed by atoms with Crippen LogP contribution >= 0.6 is 0 Å². The molecule has 0 atom stereocenters. The van der Waals surface area contributed by atoms with E-state index < -0.39 is 16.1 Å². The van der Waals surface area contributed by atoms with Gasteiger partial charge in [0, 0.05) is 12.1 Å². The number of nitrogens with two attached hydrogens (primary N) is 2. The zero-order chi connectivity index (χ0) is 11.5. The van der Waals surface area contributed by atoms with Crippen LogP contribution in [0.3, 0.4) is 0 Å². The molecule has 0 aromatic heterocycles. The number of carbonyl (C=O) groups excluding carboxylic acids is 1. The van der Waals surface area contributed by atoms with Crippen molar-refractivity contribution in [1.82, 2.24) is 4.72 Å². The molecule has 1 rings (SSSR count). The largest absolute Gasteiger partial charge is 0.366 e. The molecule has 82 valence electrons. The van der Waals surface area contributed by atoms with Gasteiger partial charge in [-0.25, -0.2) is 5.14 Å². The van der Waals surface area contributed by atoms with E-state index in [2.05, 4.69) is 4.72 Å². The first-order chi connectivity index (χ1) is 6.88. The van der Waals surface area contributed by atoms with Gasteiger partial charge < -0.3 is 5.73 Å². The Morgan fingerprint density at radius 2 is 1.80 bits per heavy atom. The van der Waals surface area contributed by atoms with Crippen molar-refractivity contribution >= 4 is 16.1 Å². The van der Waals surface area contributed by atoms with Crippen LogP contribution in [-0.2, 0) is 16.8 Å². The Balaban J connectivity index is 2.69. The molecule has 1 amide bonds. The Kier molecular flexibility index (Phi) is 3.40. The molecule has 0 unspecified atom stereocenters. The van der Waals surface area contributed by atoms with Gasteiger partial charge in [0.15, 0.2) is 0 Å². The van der Waals surface area contributed by atoms with Crippen molar-refractivity contribution in [1.29, 1.82) is 0 Å². The zero-order valence-electron chi connectivity index (χ0n) is 7.80. The molecule has 15 heavy (non-hydrogen) atoms. The summed E-state index contributed by atoms with van der Waals surface area (Å²) in [5.74, 6) is -0.527. The maximum Gasteiger partial charge on any atom is 0.274 e. The van der Waals surface area contributed by atoms with Crippen molar-refractivity contribution < 1.29 is 13.2 Å². The van der Waals surface area contributed by atoms with Gasteiger partial charge in [0.1, 0.15) is 0 Å². The molecule has 0 saturated carbocycles. The monoisotopic (exact) mass is 229 g/mol. The summed E-state index contributed by atoms with van der Waals surface area (Å²) in [6.45, 7) is 0.0812. The first-order valence-electron chi connectivity index (χ1n) is 4.04. The minimum absolute atomic E-state index is 0.0812. The fraction of sp³-hybridized carbons (Fsp3) is 0.125. The molecule has 0 fully saturated rings. The fourth-order valence-electron chi connectivity index (χ4n) is 0.971. The molecule has 0 aliphatic rings. The average Bonchev–Trinajstić information content (AvgIpc) is 2.14. The van der Waals surface area contributed by atoms with Crippen LogP contribution in [0, 0.1) is 0 Å². The van der Waals surface area contributed by atoms with Crippen LogP contribution in [0.25, 0.3) is 0 Å². The molecule has 0 aliphatic heterocycles. The lowest BCUT2D eigenvalue weighted by Crippen LogP contribution is -2.30. The lowest BCUT2D eigenvalue weighted by atomic mass is 10.1. The smallest absolute Gasteiger partial charge is 0.274 e. The van der Waals surface area contributed by atoms with Gasteiger partial charge in [-0.1, -0.05) is 12.1 Å². The Bertz CT molecular complexity index is 453. The molecule has 0 aliphatic carbocycles. The lowest BCUT2D eigenvalue weighted by molar-refractivity contribution is 0.100. The molecule has 5 N–H and O–H groups in total. The Hall–Kier alpha value is -1.44. The van der Waals surface area contributed by atoms with Gasteiger partial charge in [0.25, 0.3) is 10.2 Å². The van der Waals surface area contributed by atoms with Crippen LogP contribution in [0.5, 0.6) is 0 Å². The molecule has 6 nitrogen and oxygen atoms in total. The predicted octanol–water partition coefficient (Wildman–Crippen LogP) is -0.921. The second kappa shape index (κ2) is 4.39. The summed E-state index contributed by atoms with van der Waals surface area (Å²) in [6, 6.07) is 6.22. The van der Waals surface area contributed by atoms with E-state index in [9.17, 15) is 13.2 Å². The number of benzene rings is 1. The van der Waals surface area contributed by atoms with E-state index in [1.54, 1.807) is 12.1 Å². The third kappa shape index (κ3) is 4.07. The highest BCUT2D eigenvalue weighted by Gasteiger charge is 2.02.